The minimum absolute atomic E-state index is 0.0317. The molecule has 1 aliphatic rings. The molecular weight excluding hydrogens is 278 g/mol. The van der Waals surface area contributed by atoms with Gasteiger partial charge in [-0.3, -0.25) is 4.79 Å². The van der Waals surface area contributed by atoms with Crippen LogP contribution in [0.25, 0.3) is 0 Å². The Hall–Kier alpha value is -2.30. The first-order chi connectivity index (χ1) is 10.7. The number of aryl methyl sites for hydroxylation is 2. The average molecular weight is 299 g/mol. The molecule has 5 nitrogen and oxygen atoms in total. The summed E-state index contributed by atoms with van der Waals surface area (Å²) in [6, 6.07) is 7.84. The molecular formula is C17H21N3O2. The Morgan fingerprint density at radius 2 is 2.14 bits per heavy atom. The van der Waals surface area contributed by atoms with Gasteiger partial charge in [0.1, 0.15) is 17.3 Å². The smallest absolute Gasteiger partial charge is 0.274 e. The number of fused-ring (bicyclic) bond motifs is 1. The summed E-state index contributed by atoms with van der Waals surface area (Å²) >= 11 is 0. The number of aromatic nitrogens is 2. The monoisotopic (exact) mass is 299 g/mol. The van der Waals surface area contributed by atoms with Gasteiger partial charge in [-0.05, 0) is 31.0 Å². The minimum atomic E-state index is -0.0317. The summed E-state index contributed by atoms with van der Waals surface area (Å²) in [4.78, 5) is 18.6. The van der Waals surface area contributed by atoms with E-state index in [1.807, 2.05) is 44.4 Å². The third-order valence-corrected chi connectivity index (χ3v) is 3.88. The van der Waals surface area contributed by atoms with Gasteiger partial charge in [-0.25, -0.2) is 4.98 Å². The Bertz CT molecular complexity index is 640. The molecule has 2 heterocycles. The second kappa shape index (κ2) is 6.22. The van der Waals surface area contributed by atoms with Crippen molar-refractivity contribution in [2.45, 2.75) is 32.9 Å². The van der Waals surface area contributed by atoms with E-state index < -0.39 is 0 Å². The van der Waals surface area contributed by atoms with Gasteiger partial charge in [0.2, 0.25) is 0 Å². The summed E-state index contributed by atoms with van der Waals surface area (Å²) in [5, 5.41) is 0. The van der Waals surface area contributed by atoms with E-state index in [-0.39, 0.29) is 5.91 Å². The molecule has 0 N–H and O–H groups in total. The topological polar surface area (TPSA) is 47.4 Å². The van der Waals surface area contributed by atoms with Crippen molar-refractivity contribution in [3.05, 3.63) is 47.5 Å². The van der Waals surface area contributed by atoms with E-state index in [0.717, 1.165) is 36.5 Å². The van der Waals surface area contributed by atoms with Crippen LogP contribution < -0.4 is 4.74 Å². The number of benzene rings is 1. The summed E-state index contributed by atoms with van der Waals surface area (Å²) < 4.78 is 7.51. The van der Waals surface area contributed by atoms with Gasteiger partial charge in [-0.15, -0.1) is 0 Å². The first-order valence-electron chi connectivity index (χ1n) is 7.70. The lowest BCUT2D eigenvalue weighted by Crippen LogP contribution is -2.26. The van der Waals surface area contributed by atoms with Crippen LogP contribution in [0.3, 0.4) is 0 Å². The third-order valence-electron chi connectivity index (χ3n) is 3.88. The van der Waals surface area contributed by atoms with Crippen LogP contribution in [0.1, 0.15) is 35.2 Å². The normalized spacial score (nSPS) is 13.0. The molecule has 5 heteroatoms. The van der Waals surface area contributed by atoms with Crippen LogP contribution in [0.4, 0.5) is 0 Å². The number of amides is 1. The summed E-state index contributed by atoms with van der Waals surface area (Å²) in [6.07, 6.45) is 3.97. The van der Waals surface area contributed by atoms with Gasteiger partial charge >= 0.3 is 0 Å². The molecule has 0 aliphatic carbocycles. The van der Waals surface area contributed by atoms with Crippen LogP contribution in [0, 0.1) is 0 Å². The lowest BCUT2D eigenvalue weighted by atomic mass is 10.2. The predicted molar refractivity (Wildman–Crippen MR) is 84.0 cm³/mol. The van der Waals surface area contributed by atoms with Crippen LogP contribution in [0.15, 0.2) is 30.5 Å². The van der Waals surface area contributed by atoms with Crippen molar-refractivity contribution in [3.8, 4) is 5.75 Å². The fraction of sp³-hybridized carbons (Fsp3) is 0.412. The number of imidazole rings is 1. The number of hydrogen-bond donors (Lipinski definition) is 0. The molecule has 0 unspecified atom stereocenters. The zero-order valence-electron chi connectivity index (χ0n) is 13.1. The SMILES string of the molecule is CCOc1ccc(CN(C)C(=O)c2cn3c(n2)CCC3)cc1. The van der Waals surface area contributed by atoms with Crippen molar-refractivity contribution in [2.24, 2.45) is 0 Å². The largest absolute Gasteiger partial charge is 0.494 e. The number of hydrogen-bond acceptors (Lipinski definition) is 3. The number of ether oxygens (including phenoxy) is 1. The van der Waals surface area contributed by atoms with Gasteiger partial charge in [0.15, 0.2) is 0 Å². The highest BCUT2D eigenvalue weighted by molar-refractivity contribution is 5.92. The first-order valence-corrected chi connectivity index (χ1v) is 7.70. The van der Waals surface area contributed by atoms with Crippen molar-refractivity contribution < 1.29 is 9.53 Å². The van der Waals surface area contributed by atoms with Crippen molar-refractivity contribution in [2.75, 3.05) is 13.7 Å². The molecule has 1 aromatic carbocycles. The fourth-order valence-electron chi connectivity index (χ4n) is 2.76. The van der Waals surface area contributed by atoms with Gasteiger partial charge in [0.05, 0.1) is 6.61 Å². The molecule has 1 aromatic heterocycles. The zero-order chi connectivity index (χ0) is 15.5. The molecule has 116 valence electrons. The van der Waals surface area contributed by atoms with E-state index in [2.05, 4.69) is 9.55 Å². The van der Waals surface area contributed by atoms with Gasteiger partial charge in [0.25, 0.3) is 5.91 Å². The van der Waals surface area contributed by atoms with Crippen molar-refractivity contribution in [1.82, 2.24) is 14.5 Å². The molecule has 1 amide bonds. The summed E-state index contributed by atoms with van der Waals surface area (Å²) in [5.41, 5.74) is 1.62. The van der Waals surface area contributed by atoms with E-state index >= 15 is 0 Å². The third kappa shape index (κ3) is 2.98. The van der Waals surface area contributed by atoms with Gasteiger partial charge in [-0.1, -0.05) is 12.1 Å². The second-order valence-electron chi connectivity index (χ2n) is 5.58. The Labute approximate surface area is 130 Å². The maximum atomic E-state index is 12.4. The Morgan fingerprint density at radius 1 is 1.36 bits per heavy atom. The number of nitrogens with zero attached hydrogens (tertiary/aromatic N) is 3. The number of rotatable bonds is 5. The fourth-order valence-corrected chi connectivity index (χ4v) is 2.76. The van der Waals surface area contributed by atoms with Gasteiger partial charge in [-0.2, -0.15) is 0 Å². The molecule has 0 saturated heterocycles. The highest BCUT2D eigenvalue weighted by Gasteiger charge is 2.20. The van der Waals surface area contributed by atoms with Gasteiger partial charge < -0.3 is 14.2 Å². The van der Waals surface area contributed by atoms with E-state index in [1.54, 1.807) is 4.90 Å². The Balaban J connectivity index is 1.65. The van der Waals surface area contributed by atoms with Gasteiger partial charge in [0, 0.05) is 32.8 Å². The highest BCUT2D eigenvalue weighted by atomic mass is 16.5. The van der Waals surface area contributed by atoms with Crippen LogP contribution in [0.2, 0.25) is 0 Å². The maximum absolute atomic E-state index is 12.4. The van der Waals surface area contributed by atoms with Crippen LogP contribution in [-0.2, 0) is 19.5 Å². The minimum Gasteiger partial charge on any atom is -0.494 e. The van der Waals surface area contributed by atoms with Crippen LogP contribution >= 0.6 is 0 Å². The predicted octanol–water partition coefficient (Wildman–Crippen LogP) is 2.50. The number of carbonyl (C=O) groups excluding carboxylic acids is 1. The summed E-state index contributed by atoms with van der Waals surface area (Å²) in [5.74, 6) is 1.85. The van der Waals surface area contributed by atoms with E-state index in [1.165, 1.54) is 0 Å². The zero-order valence-corrected chi connectivity index (χ0v) is 13.1. The van der Waals surface area contributed by atoms with Crippen molar-refractivity contribution in [3.63, 3.8) is 0 Å². The molecule has 0 saturated carbocycles. The lowest BCUT2D eigenvalue weighted by molar-refractivity contribution is 0.0779. The Morgan fingerprint density at radius 3 is 2.82 bits per heavy atom. The molecule has 2 aromatic rings. The first kappa shape index (κ1) is 14.6. The maximum Gasteiger partial charge on any atom is 0.274 e. The summed E-state index contributed by atoms with van der Waals surface area (Å²) in [7, 11) is 1.81. The standard InChI is InChI=1S/C17H21N3O2/c1-3-22-14-8-6-13(7-9-14)11-19(2)17(21)15-12-20-10-4-5-16(20)18-15/h6-9,12H,3-5,10-11H2,1-2H3. The molecule has 0 fully saturated rings. The second-order valence-corrected chi connectivity index (χ2v) is 5.58. The lowest BCUT2D eigenvalue weighted by Gasteiger charge is -2.16. The van der Waals surface area contributed by atoms with Crippen LogP contribution in [-0.4, -0.2) is 34.0 Å². The molecule has 22 heavy (non-hydrogen) atoms. The Kier molecular flexibility index (Phi) is 4.13. The summed E-state index contributed by atoms with van der Waals surface area (Å²) in [6.45, 7) is 4.15. The number of carbonyl (C=O) groups is 1. The quantitative estimate of drug-likeness (QED) is 0.852. The molecule has 0 bridgehead atoms. The van der Waals surface area contributed by atoms with E-state index in [9.17, 15) is 4.79 Å². The van der Waals surface area contributed by atoms with Crippen molar-refractivity contribution >= 4 is 5.91 Å². The molecule has 3 rings (SSSR count). The van der Waals surface area contributed by atoms with Crippen molar-refractivity contribution in [1.29, 1.82) is 0 Å². The molecule has 0 radical (unpaired) electrons. The average Bonchev–Trinajstić information content (AvgIpc) is 3.10. The molecule has 0 atom stereocenters. The molecule has 0 spiro atoms. The highest BCUT2D eigenvalue weighted by Crippen LogP contribution is 2.17. The van der Waals surface area contributed by atoms with Crippen LogP contribution in [0.5, 0.6) is 5.75 Å². The van der Waals surface area contributed by atoms with E-state index in [0.29, 0.717) is 18.8 Å². The van der Waals surface area contributed by atoms with E-state index in [4.69, 9.17) is 4.74 Å². The molecule has 1 aliphatic heterocycles.